The lowest BCUT2D eigenvalue weighted by Gasteiger charge is -2.17. The lowest BCUT2D eigenvalue weighted by Crippen LogP contribution is -2.30. The van der Waals surface area contributed by atoms with Crippen LogP contribution < -0.4 is 5.32 Å². The van der Waals surface area contributed by atoms with Gasteiger partial charge in [0.05, 0.1) is 0 Å². The Hall–Kier alpha value is -0.870. The van der Waals surface area contributed by atoms with Crippen molar-refractivity contribution in [2.24, 2.45) is 7.05 Å². The molecule has 17 heavy (non-hydrogen) atoms. The second-order valence-electron chi connectivity index (χ2n) is 4.23. The lowest BCUT2D eigenvalue weighted by molar-refractivity contribution is 0.135. The minimum Gasteiger partial charge on any atom is -0.382 e. The second-order valence-corrected chi connectivity index (χ2v) is 4.23. The topological polar surface area (TPSA) is 39.1 Å². The van der Waals surface area contributed by atoms with Gasteiger partial charge in [-0.05, 0) is 38.8 Å². The van der Waals surface area contributed by atoms with Crippen molar-refractivity contribution < 1.29 is 4.74 Å². The predicted molar refractivity (Wildman–Crippen MR) is 70.1 cm³/mol. The van der Waals surface area contributed by atoms with Crippen LogP contribution in [0.5, 0.6) is 0 Å². The fourth-order valence-electron chi connectivity index (χ4n) is 1.98. The van der Waals surface area contributed by atoms with Crippen LogP contribution in [0.2, 0.25) is 0 Å². The number of hydrogen-bond donors (Lipinski definition) is 1. The molecule has 1 rings (SSSR count). The number of rotatable bonds is 9. The first-order valence-corrected chi connectivity index (χ1v) is 6.55. The first-order chi connectivity index (χ1) is 8.27. The third-order valence-electron chi connectivity index (χ3n) is 2.98. The molecule has 0 aliphatic carbocycles. The normalized spacial score (nSPS) is 12.9. The van der Waals surface area contributed by atoms with Gasteiger partial charge in [0.2, 0.25) is 0 Å². The summed E-state index contributed by atoms with van der Waals surface area (Å²) in [5.74, 6) is 0. The maximum Gasteiger partial charge on any atom is 0.0492 e. The van der Waals surface area contributed by atoms with Crippen LogP contribution in [0.3, 0.4) is 0 Å². The predicted octanol–water partition coefficient (Wildman–Crippen LogP) is 1.76. The summed E-state index contributed by atoms with van der Waals surface area (Å²) in [4.78, 5) is 0. The Bertz CT molecular complexity index is 299. The fraction of sp³-hybridized carbons (Fsp3) is 0.769. The third kappa shape index (κ3) is 5.33. The maximum atomic E-state index is 5.41. The van der Waals surface area contributed by atoms with Gasteiger partial charge in [0.15, 0.2) is 0 Å². The van der Waals surface area contributed by atoms with Gasteiger partial charge in [0.1, 0.15) is 0 Å². The summed E-state index contributed by atoms with van der Waals surface area (Å²) in [6, 6.07) is 2.63. The largest absolute Gasteiger partial charge is 0.382 e. The standard InChI is InChI=1S/C13H25N3O/c1-4-14-12(9-11-17-5-2)6-7-13-8-10-15-16(13)3/h8,10,12,14H,4-7,9,11H2,1-3H3. The van der Waals surface area contributed by atoms with Crippen LogP contribution in [0.25, 0.3) is 0 Å². The molecule has 1 aromatic heterocycles. The molecule has 1 unspecified atom stereocenters. The van der Waals surface area contributed by atoms with Crippen molar-refractivity contribution in [2.75, 3.05) is 19.8 Å². The Balaban J connectivity index is 2.30. The second kappa shape index (κ2) is 8.25. The SMILES string of the molecule is CCNC(CCOCC)CCc1ccnn1C. The number of hydrogen-bond acceptors (Lipinski definition) is 3. The summed E-state index contributed by atoms with van der Waals surface area (Å²) in [5.41, 5.74) is 1.30. The highest BCUT2D eigenvalue weighted by molar-refractivity contribution is 5.00. The highest BCUT2D eigenvalue weighted by Gasteiger charge is 2.08. The molecule has 0 aliphatic heterocycles. The van der Waals surface area contributed by atoms with E-state index in [0.717, 1.165) is 39.0 Å². The summed E-state index contributed by atoms with van der Waals surface area (Å²) in [7, 11) is 2.00. The molecule has 1 N–H and O–H groups in total. The van der Waals surface area contributed by atoms with Crippen LogP contribution in [-0.2, 0) is 18.2 Å². The number of aromatic nitrogens is 2. The van der Waals surface area contributed by atoms with Crippen LogP contribution >= 0.6 is 0 Å². The monoisotopic (exact) mass is 239 g/mol. The van der Waals surface area contributed by atoms with Crippen molar-refractivity contribution in [1.82, 2.24) is 15.1 Å². The molecule has 1 atom stereocenters. The first kappa shape index (κ1) is 14.2. The molecule has 1 heterocycles. The van der Waals surface area contributed by atoms with Crippen molar-refractivity contribution in [2.45, 2.75) is 39.2 Å². The smallest absolute Gasteiger partial charge is 0.0492 e. The Morgan fingerprint density at radius 1 is 1.41 bits per heavy atom. The zero-order chi connectivity index (χ0) is 12.5. The van der Waals surface area contributed by atoms with Crippen molar-refractivity contribution in [3.63, 3.8) is 0 Å². The van der Waals surface area contributed by atoms with Gasteiger partial charge in [-0.3, -0.25) is 4.68 Å². The van der Waals surface area contributed by atoms with E-state index in [2.05, 4.69) is 23.4 Å². The van der Waals surface area contributed by atoms with Gasteiger partial charge in [0, 0.05) is 38.2 Å². The van der Waals surface area contributed by atoms with Gasteiger partial charge in [-0.1, -0.05) is 6.92 Å². The summed E-state index contributed by atoms with van der Waals surface area (Å²) in [5, 5.41) is 7.70. The van der Waals surface area contributed by atoms with Crippen LogP contribution in [0, 0.1) is 0 Å². The average molecular weight is 239 g/mol. The van der Waals surface area contributed by atoms with Gasteiger partial charge in [-0.25, -0.2) is 0 Å². The lowest BCUT2D eigenvalue weighted by atomic mass is 10.1. The van der Waals surface area contributed by atoms with E-state index >= 15 is 0 Å². The van der Waals surface area contributed by atoms with E-state index in [1.165, 1.54) is 5.69 Å². The van der Waals surface area contributed by atoms with Gasteiger partial charge in [-0.2, -0.15) is 5.10 Å². The summed E-state index contributed by atoms with van der Waals surface area (Å²) < 4.78 is 7.36. The molecule has 0 saturated carbocycles. The first-order valence-electron chi connectivity index (χ1n) is 6.55. The van der Waals surface area contributed by atoms with E-state index in [1.54, 1.807) is 0 Å². The molecule has 0 bridgehead atoms. The van der Waals surface area contributed by atoms with Gasteiger partial charge < -0.3 is 10.1 Å². The Kier molecular flexibility index (Phi) is 6.89. The molecule has 0 radical (unpaired) electrons. The maximum absolute atomic E-state index is 5.41. The molecule has 4 nitrogen and oxygen atoms in total. The fourth-order valence-corrected chi connectivity index (χ4v) is 1.98. The third-order valence-corrected chi connectivity index (χ3v) is 2.98. The van der Waals surface area contributed by atoms with Crippen LogP contribution in [0.1, 0.15) is 32.4 Å². The van der Waals surface area contributed by atoms with E-state index in [9.17, 15) is 0 Å². The minimum absolute atomic E-state index is 0.543. The highest BCUT2D eigenvalue weighted by Crippen LogP contribution is 2.06. The van der Waals surface area contributed by atoms with Gasteiger partial charge in [-0.15, -0.1) is 0 Å². The van der Waals surface area contributed by atoms with Crippen LogP contribution in [0.15, 0.2) is 12.3 Å². The molecule has 1 aromatic rings. The van der Waals surface area contributed by atoms with E-state index in [4.69, 9.17) is 4.74 Å². The Morgan fingerprint density at radius 3 is 2.82 bits per heavy atom. The number of aryl methyl sites for hydroxylation is 2. The minimum atomic E-state index is 0.543. The van der Waals surface area contributed by atoms with E-state index in [0.29, 0.717) is 6.04 Å². The van der Waals surface area contributed by atoms with Crippen molar-refractivity contribution in [3.8, 4) is 0 Å². The zero-order valence-corrected chi connectivity index (χ0v) is 11.3. The zero-order valence-electron chi connectivity index (χ0n) is 11.3. The summed E-state index contributed by atoms with van der Waals surface area (Å²) in [6.45, 7) is 6.86. The molecule has 0 spiro atoms. The molecule has 98 valence electrons. The molecule has 0 fully saturated rings. The van der Waals surface area contributed by atoms with Crippen LogP contribution in [0.4, 0.5) is 0 Å². The van der Waals surface area contributed by atoms with Gasteiger partial charge in [0.25, 0.3) is 0 Å². The molecular formula is C13H25N3O. The molecule has 0 saturated heterocycles. The van der Waals surface area contributed by atoms with Crippen molar-refractivity contribution >= 4 is 0 Å². The van der Waals surface area contributed by atoms with E-state index in [-0.39, 0.29) is 0 Å². The van der Waals surface area contributed by atoms with E-state index in [1.807, 2.05) is 24.9 Å². The number of ether oxygens (including phenoxy) is 1. The average Bonchev–Trinajstić information content (AvgIpc) is 2.72. The van der Waals surface area contributed by atoms with E-state index < -0.39 is 0 Å². The Morgan fingerprint density at radius 2 is 2.24 bits per heavy atom. The quantitative estimate of drug-likeness (QED) is 0.667. The number of nitrogens with zero attached hydrogens (tertiary/aromatic N) is 2. The molecular weight excluding hydrogens is 214 g/mol. The Labute approximate surface area is 104 Å². The highest BCUT2D eigenvalue weighted by atomic mass is 16.5. The molecule has 0 aliphatic rings. The van der Waals surface area contributed by atoms with Crippen LogP contribution in [-0.4, -0.2) is 35.6 Å². The summed E-state index contributed by atoms with van der Waals surface area (Å²) in [6.07, 6.45) is 5.15. The van der Waals surface area contributed by atoms with Gasteiger partial charge >= 0.3 is 0 Å². The molecule has 0 aromatic carbocycles. The molecule has 4 heteroatoms. The van der Waals surface area contributed by atoms with Crippen molar-refractivity contribution in [3.05, 3.63) is 18.0 Å². The van der Waals surface area contributed by atoms with Crippen molar-refractivity contribution in [1.29, 1.82) is 0 Å². The summed E-state index contributed by atoms with van der Waals surface area (Å²) >= 11 is 0. The molecule has 0 amide bonds. The number of nitrogens with one attached hydrogen (secondary N) is 1.